The number of carboxylic acid groups (broad SMARTS) is 1. The third-order valence-electron chi connectivity index (χ3n) is 2.60. The van der Waals surface area contributed by atoms with Crippen LogP contribution in [0.5, 0.6) is 0 Å². The Morgan fingerprint density at radius 2 is 2.22 bits per heavy atom. The highest BCUT2D eigenvalue weighted by atomic mass is 19.1. The van der Waals surface area contributed by atoms with Gasteiger partial charge in [-0.15, -0.1) is 0 Å². The van der Waals surface area contributed by atoms with Crippen LogP contribution < -0.4 is 4.90 Å². The van der Waals surface area contributed by atoms with Crippen molar-refractivity contribution in [2.24, 2.45) is 0 Å². The maximum Gasteiger partial charge on any atom is 0.337 e. The summed E-state index contributed by atoms with van der Waals surface area (Å²) in [7, 11) is 1.64. The molecule has 1 aromatic carbocycles. The Labute approximate surface area is 103 Å². The van der Waals surface area contributed by atoms with Gasteiger partial charge in [0.1, 0.15) is 5.82 Å². The number of para-hydroxylation sites is 1. The molecule has 0 atom stereocenters. The second kappa shape index (κ2) is 4.91. The highest BCUT2D eigenvalue weighted by molar-refractivity contribution is 5.94. The van der Waals surface area contributed by atoms with Gasteiger partial charge in [-0.05, 0) is 18.2 Å². The Hall–Kier alpha value is -2.30. The van der Waals surface area contributed by atoms with Gasteiger partial charge in [0.2, 0.25) is 0 Å². The summed E-state index contributed by atoms with van der Waals surface area (Å²) in [6.07, 6.45) is 3.06. The molecule has 5 heteroatoms. The monoisotopic (exact) mass is 249 g/mol. The quantitative estimate of drug-likeness (QED) is 0.905. The first-order valence-corrected chi connectivity index (χ1v) is 5.33. The minimum atomic E-state index is -1.15. The molecular formula is C13H12FNO3. The average Bonchev–Trinajstić information content (AvgIpc) is 2.81. The lowest BCUT2D eigenvalue weighted by atomic mass is 10.1. The van der Waals surface area contributed by atoms with Gasteiger partial charge < -0.3 is 14.4 Å². The van der Waals surface area contributed by atoms with Crippen LogP contribution in [0.4, 0.5) is 10.1 Å². The fourth-order valence-corrected chi connectivity index (χ4v) is 1.81. The Balaban J connectivity index is 2.34. The van der Waals surface area contributed by atoms with Crippen molar-refractivity contribution in [1.29, 1.82) is 0 Å². The summed E-state index contributed by atoms with van der Waals surface area (Å²) in [4.78, 5) is 12.6. The molecule has 1 aromatic heterocycles. The third kappa shape index (κ3) is 2.34. The van der Waals surface area contributed by atoms with E-state index in [1.54, 1.807) is 18.0 Å². The highest BCUT2D eigenvalue weighted by Gasteiger charge is 2.18. The van der Waals surface area contributed by atoms with Gasteiger partial charge in [-0.2, -0.15) is 0 Å². The molecule has 18 heavy (non-hydrogen) atoms. The van der Waals surface area contributed by atoms with E-state index in [0.29, 0.717) is 6.54 Å². The van der Waals surface area contributed by atoms with Crippen molar-refractivity contribution in [3.05, 3.63) is 53.7 Å². The largest absolute Gasteiger partial charge is 0.478 e. The molecule has 0 saturated carbocycles. The minimum absolute atomic E-state index is 0.0546. The molecule has 0 saturated heterocycles. The van der Waals surface area contributed by atoms with Gasteiger partial charge in [-0.1, -0.05) is 6.07 Å². The first kappa shape index (κ1) is 12.2. The summed E-state index contributed by atoms with van der Waals surface area (Å²) in [6, 6.07) is 5.76. The Morgan fingerprint density at radius 3 is 2.83 bits per heavy atom. The molecule has 0 aliphatic carbocycles. The van der Waals surface area contributed by atoms with E-state index in [0.717, 1.165) is 5.56 Å². The molecule has 94 valence electrons. The van der Waals surface area contributed by atoms with Crippen LogP contribution in [-0.4, -0.2) is 18.1 Å². The standard InChI is InChI=1S/C13H12FNO3/c1-15(7-9-5-6-18-8-9)12-10(13(16)17)3-2-4-11(12)14/h2-6,8H,7H2,1H3,(H,16,17). The molecule has 4 nitrogen and oxygen atoms in total. The zero-order valence-corrected chi connectivity index (χ0v) is 9.76. The number of furan rings is 1. The molecule has 1 heterocycles. The van der Waals surface area contributed by atoms with Crippen molar-refractivity contribution < 1.29 is 18.7 Å². The van der Waals surface area contributed by atoms with E-state index in [9.17, 15) is 9.18 Å². The number of hydrogen-bond donors (Lipinski definition) is 1. The predicted molar refractivity (Wildman–Crippen MR) is 64.2 cm³/mol. The van der Waals surface area contributed by atoms with E-state index in [1.165, 1.54) is 30.7 Å². The fourth-order valence-electron chi connectivity index (χ4n) is 1.81. The second-order valence-electron chi connectivity index (χ2n) is 3.93. The molecule has 2 aromatic rings. The van der Waals surface area contributed by atoms with E-state index >= 15 is 0 Å². The van der Waals surface area contributed by atoms with E-state index in [-0.39, 0.29) is 11.3 Å². The molecular weight excluding hydrogens is 237 g/mol. The third-order valence-corrected chi connectivity index (χ3v) is 2.60. The number of benzene rings is 1. The molecule has 1 N–H and O–H groups in total. The van der Waals surface area contributed by atoms with E-state index in [2.05, 4.69) is 0 Å². The summed E-state index contributed by atoms with van der Waals surface area (Å²) >= 11 is 0. The van der Waals surface area contributed by atoms with Crippen LogP contribution in [0.25, 0.3) is 0 Å². The number of aromatic carboxylic acids is 1. The normalized spacial score (nSPS) is 10.3. The van der Waals surface area contributed by atoms with Gasteiger partial charge in [0, 0.05) is 19.2 Å². The number of hydrogen-bond acceptors (Lipinski definition) is 3. The van der Waals surface area contributed by atoms with Gasteiger partial charge in [0.05, 0.1) is 23.8 Å². The predicted octanol–water partition coefficient (Wildman–Crippen LogP) is 2.75. The maximum absolute atomic E-state index is 13.8. The molecule has 0 bridgehead atoms. The lowest BCUT2D eigenvalue weighted by Crippen LogP contribution is -2.20. The van der Waals surface area contributed by atoms with Crippen LogP contribution in [-0.2, 0) is 6.54 Å². The molecule has 0 aliphatic rings. The van der Waals surface area contributed by atoms with Crippen LogP contribution in [0.3, 0.4) is 0 Å². The summed E-state index contributed by atoms with van der Waals surface area (Å²) in [6.45, 7) is 0.373. The lowest BCUT2D eigenvalue weighted by molar-refractivity contribution is 0.0697. The Bertz CT molecular complexity index is 551. The van der Waals surface area contributed by atoms with E-state index in [1.807, 2.05) is 0 Å². The van der Waals surface area contributed by atoms with Crippen molar-refractivity contribution in [2.45, 2.75) is 6.54 Å². The van der Waals surface area contributed by atoms with Crippen LogP contribution in [0.1, 0.15) is 15.9 Å². The summed E-state index contributed by atoms with van der Waals surface area (Å²) in [5, 5.41) is 9.05. The molecule has 0 fully saturated rings. The average molecular weight is 249 g/mol. The van der Waals surface area contributed by atoms with Crippen LogP contribution in [0.15, 0.2) is 41.2 Å². The van der Waals surface area contributed by atoms with Gasteiger partial charge in [-0.3, -0.25) is 0 Å². The molecule has 0 unspecified atom stereocenters. The van der Waals surface area contributed by atoms with Gasteiger partial charge in [0.25, 0.3) is 0 Å². The van der Waals surface area contributed by atoms with Crippen LogP contribution in [0, 0.1) is 5.82 Å². The molecule has 0 aliphatic heterocycles. The van der Waals surface area contributed by atoms with Gasteiger partial charge in [-0.25, -0.2) is 9.18 Å². The summed E-state index contributed by atoms with van der Waals surface area (Å²) < 4.78 is 18.7. The lowest BCUT2D eigenvalue weighted by Gasteiger charge is -2.21. The smallest absolute Gasteiger partial charge is 0.337 e. The highest BCUT2D eigenvalue weighted by Crippen LogP contribution is 2.25. The van der Waals surface area contributed by atoms with Crippen molar-refractivity contribution in [3.63, 3.8) is 0 Å². The Kier molecular flexibility index (Phi) is 3.32. The van der Waals surface area contributed by atoms with Crippen molar-refractivity contribution in [2.75, 3.05) is 11.9 Å². The first-order valence-electron chi connectivity index (χ1n) is 5.33. The van der Waals surface area contributed by atoms with Crippen LogP contribution in [0.2, 0.25) is 0 Å². The SMILES string of the molecule is CN(Cc1ccoc1)c1c(F)cccc1C(=O)O. The van der Waals surface area contributed by atoms with Gasteiger partial charge >= 0.3 is 5.97 Å². The molecule has 0 amide bonds. The maximum atomic E-state index is 13.8. The molecule has 2 rings (SSSR count). The zero-order chi connectivity index (χ0) is 13.1. The summed E-state index contributed by atoms with van der Waals surface area (Å²) in [5.41, 5.74) is 0.865. The fraction of sp³-hybridized carbons (Fsp3) is 0.154. The van der Waals surface area contributed by atoms with Gasteiger partial charge in [0.15, 0.2) is 0 Å². The Morgan fingerprint density at radius 1 is 1.44 bits per heavy atom. The second-order valence-corrected chi connectivity index (χ2v) is 3.93. The van der Waals surface area contributed by atoms with Crippen molar-refractivity contribution >= 4 is 11.7 Å². The topological polar surface area (TPSA) is 53.7 Å². The number of carbonyl (C=O) groups is 1. The number of halogens is 1. The van der Waals surface area contributed by atoms with Crippen molar-refractivity contribution in [3.8, 4) is 0 Å². The first-order chi connectivity index (χ1) is 8.59. The van der Waals surface area contributed by atoms with E-state index < -0.39 is 11.8 Å². The molecule has 0 spiro atoms. The molecule has 0 radical (unpaired) electrons. The number of rotatable bonds is 4. The number of nitrogens with zero attached hydrogens (tertiary/aromatic N) is 1. The number of anilines is 1. The minimum Gasteiger partial charge on any atom is -0.478 e. The van der Waals surface area contributed by atoms with E-state index in [4.69, 9.17) is 9.52 Å². The zero-order valence-electron chi connectivity index (χ0n) is 9.76. The number of carboxylic acids is 1. The van der Waals surface area contributed by atoms with Crippen LogP contribution >= 0.6 is 0 Å². The van der Waals surface area contributed by atoms with Crippen molar-refractivity contribution in [1.82, 2.24) is 0 Å². The summed E-state index contributed by atoms with van der Waals surface area (Å²) in [5.74, 6) is -1.70.